The summed E-state index contributed by atoms with van der Waals surface area (Å²) in [6.07, 6.45) is 0.374. The van der Waals surface area contributed by atoms with Gasteiger partial charge in [-0.15, -0.1) is 11.8 Å². The van der Waals surface area contributed by atoms with Crippen LogP contribution in [0.2, 0.25) is 0 Å². The fraction of sp³-hybridized carbons (Fsp3) is 0.370. The van der Waals surface area contributed by atoms with Gasteiger partial charge in [-0.1, -0.05) is 55.8 Å². The number of fused-ring (bicyclic) bond motifs is 1. The predicted octanol–water partition coefficient (Wildman–Crippen LogP) is 5.61. The van der Waals surface area contributed by atoms with E-state index in [2.05, 4.69) is 11.5 Å². The number of aromatic nitrogens is 2. The van der Waals surface area contributed by atoms with Gasteiger partial charge in [0.15, 0.2) is 0 Å². The standard InChI is InChI=1S/C27H31N3O7S2/c1-3-5-10-23-28-25-24(21(15-16-38-25)37-27(32)33)30(23)17-18-11-13-19(14-12-18)20-8-6-7-9-22(20)39(34,35)29-26(31)36-4-2/h6-9,11-14,21H,3-5,10,15-17H2,1-2H3,(H,29,31)(H,32,33). The van der Waals surface area contributed by atoms with Crippen molar-refractivity contribution in [3.05, 3.63) is 65.6 Å². The van der Waals surface area contributed by atoms with E-state index in [9.17, 15) is 23.1 Å². The number of nitrogens with zero attached hydrogens (tertiary/aromatic N) is 2. The molecule has 39 heavy (non-hydrogen) atoms. The van der Waals surface area contributed by atoms with E-state index in [4.69, 9.17) is 14.5 Å². The molecule has 0 fully saturated rings. The Balaban J connectivity index is 1.64. The molecular formula is C27H31N3O7S2. The van der Waals surface area contributed by atoms with Gasteiger partial charge in [0, 0.05) is 24.3 Å². The normalized spacial score (nSPS) is 14.9. The fourth-order valence-corrected chi connectivity index (χ4v) is 6.69. The number of hydrogen-bond acceptors (Lipinski definition) is 8. The van der Waals surface area contributed by atoms with Crippen LogP contribution in [0.25, 0.3) is 11.1 Å². The van der Waals surface area contributed by atoms with Gasteiger partial charge in [0.25, 0.3) is 10.0 Å². The first kappa shape index (κ1) is 28.5. The molecule has 0 bridgehead atoms. The second-order valence-corrected chi connectivity index (χ2v) is 11.7. The van der Waals surface area contributed by atoms with E-state index in [0.717, 1.165) is 47.1 Å². The van der Waals surface area contributed by atoms with Crippen molar-refractivity contribution in [2.45, 2.75) is 62.1 Å². The summed E-state index contributed by atoms with van der Waals surface area (Å²) in [5.74, 6) is 1.62. The van der Waals surface area contributed by atoms with Crippen molar-refractivity contribution in [1.29, 1.82) is 0 Å². The summed E-state index contributed by atoms with van der Waals surface area (Å²) in [6, 6.07) is 13.9. The number of hydrogen-bond donors (Lipinski definition) is 2. The molecule has 0 saturated carbocycles. The van der Waals surface area contributed by atoms with Crippen molar-refractivity contribution in [2.75, 3.05) is 12.4 Å². The van der Waals surface area contributed by atoms with Crippen LogP contribution < -0.4 is 4.72 Å². The highest BCUT2D eigenvalue weighted by Gasteiger charge is 2.31. The number of thioether (sulfide) groups is 1. The molecule has 1 atom stereocenters. The summed E-state index contributed by atoms with van der Waals surface area (Å²) in [5, 5.41) is 10.1. The van der Waals surface area contributed by atoms with Crippen molar-refractivity contribution in [2.24, 2.45) is 0 Å². The molecule has 2 heterocycles. The highest BCUT2D eigenvalue weighted by molar-refractivity contribution is 7.99. The number of unbranched alkanes of at least 4 members (excludes halogenated alkanes) is 1. The van der Waals surface area contributed by atoms with Crippen LogP contribution in [0.3, 0.4) is 0 Å². The molecule has 0 saturated heterocycles. The Morgan fingerprint density at radius 3 is 2.59 bits per heavy atom. The van der Waals surface area contributed by atoms with E-state index in [1.807, 2.05) is 29.0 Å². The lowest BCUT2D eigenvalue weighted by atomic mass is 10.0. The number of ether oxygens (including phenoxy) is 2. The molecule has 1 aliphatic heterocycles. The van der Waals surface area contributed by atoms with Crippen LogP contribution in [0.15, 0.2) is 58.5 Å². The van der Waals surface area contributed by atoms with Crippen LogP contribution >= 0.6 is 11.8 Å². The molecule has 4 rings (SSSR count). The summed E-state index contributed by atoms with van der Waals surface area (Å²) in [5.41, 5.74) is 2.82. The Kier molecular flexibility index (Phi) is 9.18. The predicted molar refractivity (Wildman–Crippen MR) is 146 cm³/mol. The van der Waals surface area contributed by atoms with Gasteiger partial charge in [0.1, 0.15) is 17.0 Å². The number of benzene rings is 2. The number of nitrogens with one attached hydrogen (secondary N) is 1. The van der Waals surface area contributed by atoms with Crippen LogP contribution in [0.5, 0.6) is 0 Å². The molecule has 1 aliphatic rings. The number of amides is 1. The number of carboxylic acid groups (broad SMARTS) is 1. The van der Waals surface area contributed by atoms with Gasteiger partial charge < -0.3 is 19.1 Å². The first-order valence-electron chi connectivity index (χ1n) is 12.7. The van der Waals surface area contributed by atoms with Crippen LogP contribution in [0, 0.1) is 0 Å². The summed E-state index contributed by atoms with van der Waals surface area (Å²) in [7, 11) is -4.15. The molecule has 2 N–H and O–H groups in total. The maximum atomic E-state index is 12.9. The number of imidazole rings is 1. The minimum absolute atomic E-state index is 0.0398. The number of rotatable bonds is 10. The van der Waals surface area contributed by atoms with Crippen molar-refractivity contribution in [1.82, 2.24) is 14.3 Å². The van der Waals surface area contributed by atoms with Crippen molar-refractivity contribution in [3.8, 4) is 11.1 Å². The van der Waals surface area contributed by atoms with E-state index in [1.165, 1.54) is 6.07 Å². The Hall–Kier alpha value is -3.51. The number of carbonyl (C=O) groups excluding carboxylic acids is 1. The molecule has 208 valence electrons. The average Bonchev–Trinajstić information content (AvgIpc) is 3.25. The zero-order valence-electron chi connectivity index (χ0n) is 21.8. The van der Waals surface area contributed by atoms with E-state index in [1.54, 1.807) is 36.9 Å². The molecule has 3 aromatic rings. The molecule has 1 amide bonds. The minimum atomic E-state index is -4.15. The summed E-state index contributed by atoms with van der Waals surface area (Å²) in [6.45, 7) is 4.21. The zero-order valence-corrected chi connectivity index (χ0v) is 23.4. The summed E-state index contributed by atoms with van der Waals surface area (Å²) < 4.78 is 39.7. The smallest absolute Gasteiger partial charge is 0.450 e. The Bertz CT molecular complexity index is 1440. The largest absolute Gasteiger partial charge is 0.506 e. The molecule has 0 spiro atoms. The van der Waals surface area contributed by atoms with Crippen LogP contribution in [-0.4, -0.2) is 47.7 Å². The van der Waals surface area contributed by atoms with Gasteiger partial charge in [-0.2, -0.15) is 0 Å². The molecule has 10 nitrogen and oxygen atoms in total. The number of carbonyl (C=O) groups is 2. The third-order valence-electron chi connectivity index (χ3n) is 6.25. The summed E-state index contributed by atoms with van der Waals surface area (Å²) >= 11 is 1.61. The molecule has 1 aromatic heterocycles. The van der Waals surface area contributed by atoms with E-state index >= 15 is 0 Å². The molecule has 1 unspecified atom stereocenters. The average molecular weight is 574 g/mol. The number of sulfonamides is 1. The summed E-state index contributed by atoms with van der Waals surface area (Å²) in [4.78, 5) is 27.9. The zero-order chi connectivity index (χ0) is 28.0. The second-order valence-electron chi connectivity index (χ2n) is 8.94. The molecule has 2 aromatic carbocycles. The van der Waals surface area contributed by atoms with Crippen LogP contribution in [0.4, 0.5) is 9.59 Å². The van der Waals surface area contributed by atoms with Crippen molar-refractivity contribution >= 4 is 34.0 Å². The fourth-order valence-electron chi connectivity index (χ4n) is 4.48. The lowest BCUT2D eigenvalue weighted by molar-refractivity contribution is 0.0449. The van der Waals surface area contributed by atoms with Gasteiger partial charge in [-0.05, 0) is 37.0 Å². The minimum Gasteiger partial charge on any atom is -0.450 e. The third kappa shape index (κ3) is 6.74. The monoisotopic (exact) mass is 573 g/mol. The lowest BCUT2D eigenvalue weighted by Crippen LogP contribution is -2.31. The quantitative estimate of drug-likeness (QED) is 0.297. The van der Waals surface area contributed by atoms with Crippen LogP contribution in [0.1, 0.15) is 56.3 Å². The topological polar surface area (TPSA) is 137 Å². The molecule has 0 aliphatic carbocycles. The third-order valence-corrected chi connectivity index (χ3v) is 8.63. The van der Waals surface area contributed by atoms with Gasteiger partial charge in [-0.3, -0.25) is 0 Å². The van der Waals surface area contributed by atoms with Crippen molar-refractivity contribution in [3.63, 3.8) is 0 Å². The van der Waals surface area contributed by atoms with Gasteiger partial charge in [0.05, 0.1) is 17.2 Å². The van der Waals surface area contributed by atoms with E-state index < -0.39 is 28.4 Å². The highest BCUT2D eigenvalue weighted by Crippen LogP contribution is 2.39. The Morgan fingerprint density at radius 1 is 1.15 bits per heavy atom. The number of aryl methyl sites for hydroxylation is 1. The van der Waals surface area contributed by atoms with Crippen LogP contribution in [-0.2, 0) is 32.5 Å². The van der Waals surface area contributed by atoms with Gasteiger partial charge in [0.2, 0.25) is 0 Å². The maximum absolute atomic E-state index is 12.9. The van der Waals surface area contributed by atoms with Gasteiger partial charge in [-0.25, -0.2) is 27.7 Å². The second kappa shape index (κ2) is 12.6. The molecule has 12 heteroatoms. The Morgan fingerprint density at radius 2 is 1.90 bits per heavy atom. The first-order chi connectivity index (χ1) is 18.7. The van der Waals surface area contributed by atoms with Gasteiger partial charge >= 0.3 is 12.2 Å². The highest BCUT2D eigenvalue weighted by atomic mass is 32.2. The molecule has 0 radical (unpaired) electrons. The first-order valence-corrected chi connectivity index (χ1v) is 15.2. The van der Waals surface area contributed by atoms with E-state index in [0.29, 0.717) is 24.1 Å². The van der Waals surface area contributed by atoms with Crippen molar-refractivity contribution < 1.29 is 32.6 Å². The molecular weight excluding hydrogens is 542 g/mol. The Labute approximate surface area is 231 Å². The van der Waals surface area contributed by atoms with E-state index in [-0.39, 0.29) is 11.5 Å². The lowest BCUT2D eigenvalue weighted by Gasteiger charge is -2.23. The maximum Gasteiger partial charge on any atom is 0.506 e. The SMILES string of the molecule is CCCCc1nc2c(n1Cc1ccc(-c3ccccc3S(=O)(=O)NC(=O)OCC)cc1)C(OC(=O)O)CCS2.